The highest BCUT2D eigenvalue weighted by Crippen LogP contribution is 2.15. The lowest BCUT2D eigenvalue weighted by Gasteiger charge is -2.33. The Kier molecular flexibility index (Phi) is 6.17. The second-order valence-electron chi connectivity index (χ2n) is 7.21. The summed E-state index contributed by atoms with van der Waals surface area (Å²) < 4.78 is 5.17. The van der Waals surface area contributed by atoms with E-state index >= 15 is 0 Å². The van der Waals surface area contributed by atoms with Gasteiger partial charge in [0.15, 0.2) is 0 Å². The molecule has 1 saturated heterocycles. The van der Waals surface area contributed by atoms with Crippen molar-refractivity contribution in [1.82, 2.24) is 20.6 Å². The maximum atomic E-state index is 12.3. The van der Waals surface area contributed by atoms with Gasteiger partial charge in [-0.3, -0.25) is 4.79 Å². The third kappa shape index (κ3) is 6.21. The average molecular weight is 349 g/mol. The molecule has 0 unspecified atom stereocenters. The highest BCUT2D eigenvalue weighted by molar-refractivity contribution is 5.85. The first-order valence-corrected chi connectivity index (χ1v) is 8.56. The van der Waals surface area contributed by atoms with Crippen molar-refractivity contribution in [2.24, 2.45) is 0 Å². The molecule has 2 heterocycles. The molecule has 1 aliphatic rings. The number of carbonyl (C=O) groups is 2. The van der Waals surface area contributed by atoms with Crippen LogP contribution >= 0.6 is 0 Å². The van der Waals surface area contributed by atoms with Gasteiger partial charge in [0, 0.05) is 31.5 Å². The number of nitrogens with one attached hydrogen (secondary N) is 2. The fourth-order valence-corrected chi connectivity index (χ4v) is 2.61. The van der Waals surface area contributed by atoms with Gasteiger partial charge in [-0.1, -0.05) is 0 Å². The van der Waals surface area contributed by atoms with Crippen LogP contribution in [0.15, 0.2) is 18.5 Å². The summed E-state index contributed by atoms with van der Waals surface area (Å²) in [7, 11) is 0. The maximum Gasteiger partial charge on any atom is 0.408 e. The van der Waals surface area contributed by atoms with E-state index in [1.807, 2.05) is 0 Å². The summed E-state index contributed by atoms with van der Waals surface area (Å²) in [5.74, 6) is 0.438. The zero-order valence-electron chi connectivity index (χ0n) is 15.3. The van der Waals surface area contributed by atoms with Crippen LogP contribution in [-0.2, 0) is 9.53 Å². The van der Waals surface area contributed by atoms with Crippen molar-refractivity contribution >= 4 is 17.9 Å². The van der Waals surface area contributed by atoms with Gasteiger partial charge in [-0.25, -0.2) is 14.8 Å². The van der Waals surface area contributed by atoms with Crippen LogP contribution in [-0.4, -0.2) is 52.7 Å². The molecule has 138 valence electrons. The quantitative estimate of drug-likeness (QED) is 0.855. The molecule has 0 aliphatic carbocycles. The molecule has 2 amide bonds. The van der Waals surface area contributed by atoms with Crippen molar-refractivity contribution in [3.63, 3.8) is 0 Å². The molecular formula is C17H27N5O3. The van der Waals surface area contributed by atoms with Crippen molar-refractivity contribution < 1.29 is 14.3 Å². The number of rotatable bonds is 4. The molecule has 2 atom stereocenters. The number of aromatic nitrogens is 2. The first-order chi connectivity index (χ1) is 11.7. The van der Waals surface area contributed by atoms with Crippen LogP contribution in [0.3, 0.4) is 0 Å². The molecular weight excluding hydrogens is 322 g/mol. The van der Waals surface area contributed by atoms with Crippen LogP contribution in [0.4, 0.5) is 10.7 Å². The third-order valence-corrected chi connectivity index (χ3v) is 3.73. The zero-order chi connectivity index (χ0) is 18.4. The summed E-state index contributed by atoms with van der Waals surface area (Å²) in [5, 5.41) is 5.54. The van der Waals surface area contributed by atoms with Crippen LogP contribution in [0, 0.1) is 0 Å². The molecule has 0 spiro atoms. The highest BCUT2D eigenvalue weighted by Gasteiger charge is 2.26. The first kappa shape index (κ1) is 19.0. The molecule has 8 nitrogen and oxygen atoms in total. The predicted octanol–water partition coefficient (Wildman–Crippen LogP) is 1.47. The number of carbonyl (C=O) groups excluding carboxylic acids is 2. The van der Waals surface area contributed by atoms with Crippen molar-refractivity contribution in [2.45, 2.75) is 58.2 Å². The van der Waals surface area contributed by atoms with Gasteiger partial charge in [0.25, 0.3) is 0 Å². The smallest absolute Gasteiger partial charge is 0.408 e. The molecule has 0 radical (unpaired) electrons. The Bertz CT molecular complexity index is 588. The lowest BCUT2D eigenvalue weighted by molar-refractivity contribution is -0.123. The molecule has 0 saturated carbocycles. The number of nitrogens with zero attached hydrogens (tertiary/aromatic N) is 3. The maximum absolute atomic E-state index is 12.3. The average Bonchev–Trinajstić information content (AvgIpc) is 2.54. The molecule has 1 aromatic heterocycles. The lowest BCUT2D eigenvalue weighted by atomic mass is 10.1. The highest BCUT2D eigenvalue weighted by atomic mass is 16.6. The van der Waals surface area contributed by atoms with E-state index in [1.165, 1.54) is 0 Å². The standard InChI is InChI=1S/C17H27N5O3/c1-12(20-16(24)25-17(2,3)4)14(23)21-13-7-5-10-22(11-13)15-18-8-6-9-19-15/h6,8-9,12-13H,5,7,10-11H2,1-4H3,(H,20,24)(H,21,23)/t12-,13-/m1/s1. The van der Waals surface area contributed by atoms with E-state index in [9.17, 15) is 9.59 Å². The van der Waals surface area contributed by atoms with E-state index in [0.29, 0.717) is 12.5 Å². The molecule has 0 aromatic carbocycles. The summed E-state index contributed by atoms with van der Waals surface area (Å²) in [6.45, 7) is 8.48. The Labute approximate surface area is 148 Å². The molecule has 1 fully saturated rings. The number of hydrogen-bond acceptors (Lipinski definition) is 6. The van der Waals surface area contributed by atoms with Gasteiger partial charge in [-0.05, 0) is 46.6 Å². The molecule has 0 bridgehead atoms. The fraction of sp³-hybridized carbons (Fsp3) is 0.647. The van der Waals surface area contributed by atoms with Crippen LogP contribution in [0.2, 0.25) is 0 Å². The number of amides is 2. The monoisotopic (exact) mass is 349 g/mol. The Balaban J connectivity index is 1.84. The van der Waals surface area contributed by atoms with E-state index in [4.69, 9.17) is 4.74 Å². The summed E-state index contributed by atoms with van der Waals surface area (Å²) in [6, 6.07) is 1.10. The number of ether oxygens (including phenoxy) is 1. The van der Waals surface area contributed by atoms with Crippen molar-refractivity contribution in [2.75, 3.05) is 18.0 Å². The molecule has 8 heteroatoms. The third-order valence-electron chi connectivity index (χ3n) is 3.73. The minimum atomic E-state index is -0.668. The molecule has 2 N–H and O–H groups in total. The normalized spacial score (nSPS) is 19.0. The fourth-order valence-electron chi connectivity index (χ4n) is 2.61. The molecule has 2 rings (SSSR count). The summed E-state index contributed by atoms with van der Waals surface area (Å²) in [4.78, 5) is 34.7. The summed E-state index contributed by atoms with van der Waals surface area (Å²) >= 11 is 0. The van der Waals surface area contributed by atoms with E-state index in [-0.39, 0.29) is 11.9 Å². The predicted molar refractivity (Wildman–Crippen MR) is 94.2 cm³/mol. The number of anilines is 1. The van der Waals surface area contributed by atoms with E-state index in [0.717, 1.165) is 19.4 Å². The van der Waals surface area contributed by atoms with Gasteiger partial charge in [-0.2, -0.15) is 0 Å². The van der Waals surface area contributed by atoms with Gasteiger partial charge in [0.1, 0.15) is 11.6 Å². The molecule has 1 aromatic rings. The van der Waals surface area contributed by atoms with Crippen molar-refractivity contribution in [3.05, 3.63) is 18.5 Å². The molecule has 25 heavy (non-hydrogen) atoms. The molecule has 1 aliphatic heterocycles. The topological polar surface area (TPSA) is 96.4 Å². The SMILES string of the molecule is C[C@@H](NC(=O)OC(C)(C)C)C(=O)N[C@@H]1CCCN(c2ncccn2)C1. The van der Waals surface area contributed by atoms with Gasteiger partial charge >= 0.3 is 6.09 Å². The van der Waals surface area contributed by atoms with E-state index < -0.39 is 17.7 Å². The Hall–Kier alpha value is -2.38. The van der Waals surface area contributed by atoms with Crippen molar-refractivity contribution in [3.8, 4) is 0 Å². The first-order valence-electron chi connectivity index (χ1n) is 8.56. The van der Waals surface area contributed by atoms with Gasteiger partial charge in [0.2, 0.25) is 11.9 Å². The second-order valence-corrected chi connectivity index (χ2v) is 7.21. The Morgan fingerprint density at radius 3 is 2.64 bits per heavy atom. The van der Waals surface area contributed by atoms with Gasteiger partial charge < -0.3 is 20.3 Å². The number of hydrogen-bond donors (Lipinski definition) is 2. The van der Waals surface area contributed by atoms with Crippen LogP contribution < -0.4 is 15.5 Å². The zero-order valence-corrected chi connectivity index (χ0v) is 15.3. The van der Waals surface area contributed by atoms with Gasteiger partial charge in [-0.15, -0.1) is 0 Å². The summed E-state index contributed by atoms with van der Waals surface area (Å²) in [5.41, 5.74) is -0.597. The van der Waals surface area contributed by atoms with E-state index in [2.05, 4.69) is 25.5 Å². The minimum absolute atomic E-state index is 0.00653. The van der Waals surface area contributed by atoms with Crippen molar-refractivity contribution in [1.29, 1.82) is 0 Å². The van der Waals surface area contributed by atoms with E-state index in [1.54, 1.807) is 46.2 Å². The lowest BCUT2D eigenvalue weighted by Crippen LogP contribution is -2.53. The minimum Gasteiger partial charge on any atom is -0.444 e. The number of piperidine rings is 1. The number of alkyl carbamates (subject to hydrolysis) is 1. The van der Waals surface area contributed by atoms with Crippen LogP contribution in [0.5, 0.6) is 0 Å². The Morgan fingerprint density at radius 2 is 2.00 bits per heavy atom. The Morgan fingerprint density at radius 1 is 1.32 bits per heavy atom. The second kappa shape index (κ2) is 8.13. The largest absolute Gasteiger partial charge is 0.444 e. The summed E-state index contributed by atoms with van der Waals surface area (Å²) in [6.07, 6.45) is 4.64. The van der Waals surface area contributed by atoms with Crippen LogP contribution in [0.1, 0.15) is 40.5 Å². The van der Waals surface area contributed by atoms with Crippen LogP contribution in [0.25, 0.3) is 0 Å². The van der Waals surface area contributed by atoms with Gasteiger partial charge in [0.05, 0.1) is 0 Å².